The zero-order valence-corrected chi connectivity index (χ0v) is 14.0. The van der Waals surface area contributed by atoms with Gasteiger partial charge in [-0.25, -0.2) is 4.79 Å². The third-order valence-electron chi connectivity index (χ3n) is 4.68. The first-order chi connectivity index (χ1) is 11.6. The summed E-state index contributed by atoms with van der Waals surface area (Å²) >= 11 is 0. The molecular weight excluding hydrogens is 300 g/mol. The van der Waals surface area contributed by atoms with Crippen LogP contribution in [0.15, 0.2) is 54.6 Å². The maximum atomic E-state index is 12.4. The molecule has 1 fully saturated rings. The van der Waals surface area contributed by atoms with Crippen molar-refractivity contribution >= 4 is 11.7 Å². The molecule has 1 atom stereocenters. The van der Waals surface area contributed by atoms with Gasteiger partial charge in [0.2, 0.25) is 0 Å². The van der Waals surface area contributed by atoms with Crippen molar-refractivity contribution in [3.05, 3.63) is 65.7 Å². The van der Waals surface area contributed by atoms with Crippen LogP contribution in [0.5, 0.6) is 0 Å². The number of amides is 2. The number of nitrogens with one attached hydrogen (secondary N) is 1. The Hall–Kier alpha value is -2.33. The molecule has 0 unspecified atom stereocenters. The summed E-state index contributed by atoms with van der Waals surface area (Å²) in [5.74, 6) is 0.204. The maximum Gasteiger partial charge on any atom is 0.321 e. The number of nitrogens with zero attached hydrogens (tertiary/aromatic N) is 1. The van der Waals surface area contributed by atoms with Gasteiger partial charge in [0, 0.05) is 18.8 Å². The van der Waals surface area contributed by atoms with Crippen LogP contribution in [-0.2, 0) is 0 Å². The Balaban J connectivity index is 1.54. The van der Waals surface area contributed by atoms with Crippen molar-refractivity contribution in [2.45, 2.75) is 25.9 Å². The number of carbonyl (C=O) groups excluding carboxylic acids is 1. The Morgan fingerprint density at radius 3 is 2.50 bits per heavy atom. The quantitative estimate of drug-likeness (QED) is 0.897. The van der Waals surface area contributed by atoms with Crippen molar-refractivity contribution in [1.82, 2.24) is 4.90 Å². The fourth-order valence-corrected chi connectivity index (χ4v) is 3.27. The molecule has 2 aromatic rings. The zero-order valence-electron chi connectivity index (χ0n) is 14.0. The van der Waals surface area contributed by atoms with Crippen LogP contribution in [0.2, 0.25) is 0 Å². The summed E-state index contributed by atoms with van der Waals surface area (Å²) < 4.78 is 0. The summed E-state index contributed by atoms with van der Waals surface area (Å²) in [7, 11) is 0. The molecule has 4 heteroatoms. The van der Waals surface area contributed by atoms with Crippen molar-refractivity contribution in [1.29, 1.82) is 0 Å². The summed E-state index contributed by atoms with van der Waals surface area (Å²) in [6, 6.07) is 17.5. The molecule has 1 aliphatic heterocycles. The van der Waals surface area contributed by atoms with Crippen molar-refractivity contribution in [2.75, 3.05) is 18.4 Å². The number of carbonyl (C=O) groups is 1. The lowest BCUT2D eigenvalue weighted by Gasteiger charge is -2.34. The molecule has 1 aliphatic rings. The number of piperidine rings is 1. The van der Waals surface area contributed by atoms with Crippen LogP contribution in [-0.4, -0.2) is 29.1 Å². The maximum absolute atomic E-state index is 12.4. The van der Waals surface area contributed by atoms with Crippen LogP contribution in [0.3, 0.4) is 0 Å². The summed E-state index contributed by atoms with van der Waals surface area (Å²) in [5.41, 5.74) is 2.91. The smallest absolute Gasteiger partial charge is 0.321 e. The van der Waals surface area contributed by atoms with Gasteiger partial charge < -0.3 is 15.3 Å². The first-order valence-corrected chi connectivity index (χ1v) is 8.49. The highest BCUT2D eigenvalue weighted by Gasteiger charge is 2.28. The Bertz CT molecular complexity index is 679. The first-order valence-electron chi connectivity index (χ1n) is 8.49. The largest absolute Gasteiger partial charge is 0.388 e. The number of rotatable bonds is 3. The Morgan fingerprint density at radius 1 is 1.12 bits per heavy atom. The third-order valence-corrected chi connectivity index (χ3v) is 4.68. The van der Waals surface area contributed by atoms with Crippen molar-refractivity contribution < 1.29 is 9.90 Å². The highest BCUT2D eigenvalue weighted by atomic mass is 16.3. The Morgan fingerprint density at radius 2 is 1.83 bits per heavy atom. The first kappa shape index (κ1) is 16.5. The van der Waals surface area contributed by atoms with Gasteiger partial charge in [-0.15, -0.1) is 0 Å². The number of aliphatic hydroxyl groups is 1. The molecule has 0 aliphatic carbocycles. The number of anilines is 1. The summed E-state index contributed by atoms with van der Waals surface area (Å²) in [6.07, 6.45) is 1.18. The molecule has 0 spiro atoms. The number of aryl methyl sites for hydroxylation is 1. The molecule has 126 valence electrons. The highest BCUT2D eigenvalue weighted by molar-refractivity contribution is 5.89. The Labute approximate surface area is 143 Å². The van der Waals surface area contributed by atoms with Crippen LogP contribution < -0.4 is 5.32 Å². The van der Waals surface area contributed by atoms with E-state index in [1.54, 1.807) is 0 Å². The third kappa shape index (κ3) is 3.95. The molecule has 2 aromatic carbocycles. The van der Waals surface area contributed by atoms with Crippen LogP contribution in [0.4, 0.5) is 10.5 Å². The minimum absolute atomic E-state index is 0.0618. The van der Waals surface area contributed by atoms with E-state index in [2.05, 4.69) is 5.32 Å². The number of urea groups is 1. The molecule has 2 amide bonds. The van der Waals surface area contributed by atoms with E-state index in [9.17, 15) is 9.90 Å². The highest BCUT2D eigenvalue weighted by Crippen LogP contribution is 2.30. The minimum Gasteiger partial charge on any atom is -0.388 e. The van der Waals surface area contributed by atoms with Crippen LogP contribution in [0, 0.1) is 12.8 Å². The molecule has 0 aromatic heterocycles. The standard InChI is InChI=1S/C20H24N2O2/c1-15-6-5-9-18(14-15)21-20(24)22-12-10-17(11-13-22)19(23)16-7-3-2-4-8-16/h2-9,14,17,19,23H,10-13H2,1H3,(H,21,24)/t19-/m1/s1. The van der Waals surface area contributed by atoms with Crippen LogP contribution in [0.1, 0.15) is 30.1 Å². The van der Waals surface area contributed by atoms with Crippen molar-refractivity contribution in [3.8, 4) is 0 Å². The van der Waals surface area contributed by atoms with Gasteiger partial charge in [-0.3, -0.25) is 0 Å². The number of likely N-dealkylation sites (tertiary alicyclic amines) is 1. The van der Waals surface area contributed by atoms with E-state index >= 15 is 0 Å². The molecule has 2 N–H and O–H groups in total. The van der Waals surface area contributed by atoms with Crippen LogP contribution >= 0.6 is 0 Å². The van der Waals surface area contributed by atoms with E-state index in [0.717, 1.165) is 29.7 Å². The van der Waals surface area contributed by atoms with E-state index in [4.69, 9.17) is 0 Å². The van der Waals surface area contributed by atoms with Gasteiger partial charge in [-0.05, 0) is 48.9 Å². The molecule has 0 saturated carbocycles. The molecule has 0 radical (unpaired) electrons. The second kappa shape index (κ2) is 7.49. The van der Waals surface area contributed by atoms with Crippen molar-refractivity contribution in [3.63, 3.8) is 0 Å². The summed E-state index contributed by atoms with van der Waals surface area (Å²) in [6.45, 7) is 3.35. The lowest BCUT2D eigenvalue weighted by molar-refractivity contribution is 0.0683. The minimum atomic E-state index is -0.451. The second-order valence-electron chi connectivity index (χ2n) is 6.48. The fraction of sp³-hybridized carbons (Fsp3) is 0.350. The molecule has 4 nitrogen and oxygen atoms in total. The van der Waals surface area contributed by atoms with Gasteiger partial charge >= 0.3 is 6.03 Å². The number of hydrogen-bond acceptors (Lipinski definition) is 2. The Kier molecular flexibility index (Phi) is 5.16. The van der Waals surface area contributed by atoms with E-state index in [1.807, 2.05) is 66.4 Å². The fourth-order valence-electron chi connectivity index (χ4n) is 3.27. The van der Waals surface area contributed by atoms with Crippen molar-refractivity contribution in [2.24, 2.45) is 5.92 Å². The molecule has 0 bridgehead atoms. The molecule has 1 saturated heterocycles. The zero-order chi connectivity index (χ0) is 16.9. The predicted octanol–water partition coefficient (Wildman–Crippen LogP) is 3.97. The second-order valence-corrected chi connectivity index (χ2v) is 6.48. The lowest BCUT2D eigenvalue weighted by Crippen LogP contribution is -2.42. The average molecular weight is 324 g/mol. The van der Waals surface area contributed by atoms with E-state index in [-0.39, 0.29) is 11.9 Å². The number of benzene rings is 2. The lowest BCUT2D eigenvalue weighted by atomic mass is 9.87. The summed E-state index contributed by atoms with van der Waals surface area (Å²) in [5, 5.41) is 13.5. The van der Waals surface area contributed by atoms with E-state index < -0.39 is 6.10 Å². The number of hydrogen-bond donors (Lipinski definition) is 2. The SMILES string of the molecule is Cc1cccc(NC(=O)N2CCC([C@H](O)c3ccccc3)CC2)c1. The topological polar surface area (TPSA) is 52.6 Å². The predicted molar refractivity (Wildman–Crippen MR) is 95.9 cm³/mol. The normalized spacial score (nSPS) is 16.7. The molecule has 24 heavy (non-hydrogen) atoms. The average Bonchev–Trinajstić information content (AvgIpc) is 2.62. The molecule has 1 heterocycles. The van der Waals surface area contributed by atoms with Gasteiger partial charge in [0.15, 0.2) is 0 Å². The summed E-state index contributed by atoms with van der Waals surface area (Å²) in [4.78, 5) is 14.2. The van der Waals surface area contributed by atoms with Gasteiger partial charge in [0.25, 0.3) is 0 Å². The van der Waals surface area contributed by atoms with E-state index in [0.29, 0.717) is 13.1 Å². The van der Waals surface area contributed by atoms with Gasteiger partial charge in [0.1, 0.15) is 0 Å². The van der Waals surface area contributed by atoms with Crippen LogP contribution in [0.25, 0.3) is 0 Å². The molecule has 3 rings (SSSR count). The number of aliphatic hydroxyl groups excluding tert-OH is 1. The van der Waals surface area contributed by atoms with Gasteiger partial charge in [-0.2, -0.15) is 0 Å². The molecular formula is C20H24N2O2. The monoisotopic (exact) mass is 324 g/mol. The van der Waals surface area contributed by atoms with Gasteiger partial charge in [0.05, 0.1) is 6.10 Å². The van der Waals surface area contributed by atoms with E-state index in [1.165, 1.54) is 0 Å². The van der Waals surface area contributed by atoms with Gasteiger partial charge in [-0.1, -0.05) is 42.5 Å².